The molecule has 2 fully saturated rings. The molecule has 40 heavy (non-hydrogen) atoms. The lowest BCUT2D eigenvalue weighted by atomic mass is 10.0. The molecule has 0 aliphatic carbocycles. The molecule has 2 N–H and O–H groups in total. The van der Waals surface area contributed by atoms with Crippen molar-refractivity contribution in [3.8, 4) is 28.8 Å². The summed E-state index contributed by atoms with van der Waals surface area (Å²) in [6.45, 7) is 1.64. The van der Waals surface area contributed by atoms with Crippen molar-refractivity contribution in [3.63, 3.8) is 0 Å². The minimum absolute atomic E-state index is 0.128. The summed E-state index contributed by atoms with van der Waals surface area (Å²) in [7, 11) is 0. The molecule has 2 unspecified atom stereocenters. The van der Waals surface area contributed by atoms with Gasteiger partial charge in [-0.05, 0) is 68.2 Å². The Labute approximate surface area is 231 Å². The fourth-order valence-electron chi connectivity index (χ4n) is 5.34. The molecule has 2 aromatic carbocycles. The van der Waals surface area contributed by atoms with Crippen molar-refractivity contribution in [3.05, 3.63) is 72.6 Å². The monoisotopic (exact) mass is 535 g/mol. The highest BCUT2D eigenvalue weighted by molar-refractivity contribution is 5.99. The zero-order chi connectivity index (χ0) is 27.5. The first-order chi connectivity index (χ1) is 19.6. The largest absolute Gasteiger partial charge is 0.457 e. The van der Waals surface area contributed by atoms with Crippen LogP contribution in [0.2, 0.25) is 0 Å². The van der Waals surface area contributed by atoms with Crippen molar-refractivity contribution in [2.24, 2.45) is 0 Å². The van der Waals surface area contributed by atoms with Gasteiger partial charge in [0.1, 0.15) is 41.0 Å². The summed E-state index contributed by atoms with van der Waals surface area (Å²) in [6, 6.07) is 19.2. The van der Waals surface area contributed by atoms with Crippen LogP contribution in [-0.4, -0.2) is 56.4 Å². The van der Waals surface area contributed by atoms with Gasteiger partial charge in [-0.1, -0.05) is 18.2 Å². The van der Waals surface area contributed by atoms with Gasteiger partial charge >= 0.3 is 0 Å². The number of likely N-dealkylation sites (tertiary alicyclic amines) is 1. The molecule has 10 nitrogen and oxygen atoms in total. The van der Waals surface area contributed by atoms with Gasteiger partial charge < -0.3 is 20.1 Å². The molecular weight excluding hydrogens is 506 g/mol. The number of nitrogens with zero attached hydrogens (tertiary/aromatic N) is 6. The van der Waals surface area contributed by atoms with Gasteiger partial charge in [0, 0.05) is 25.3 Å². The third-order valence-electron chi connectivity index (χ3n) is 7.32. The lowest BCUT2D eigenvalue weighted by Crippen LogP contribution is -2.41. The molecule has 6 rings (SSSR count). The average molecular weight is 536 g/mol. The normalized spacial score (nSPS) is 19.5. The number of amides is 1. The number of nitrogens with two attached hydrogens (primary N) is 1. The summed E-state index contributed by atoms with van der Waals surface area (Å²) < 4.78 is 13.4. The highest BCUT2D eigenvalue weighted by Crippen LogP contribution is 2.35. The number of carbonyl (C=O) groups is 1. The predicted octanol–water partition coefficient (Wildman–Crippen LogP) is 4.66. The summed E-state index contributed by atoms with van der Waals surface area (Å²) in [5.41, 5.74) is 8.59. The van der Waals surface area contributed by atoms with Gasteiger partial charge in [0.25, 0.3) is 5.91 Å². The number of nitriles is 1. The van der Waals surface area contributed by atoms with E-state index < -0.39 is 0 Å². The third kappa shape index (κ3) is 5.11. The molecule has 10 heteroatoms. The Morgan fingerprint density at radius 3 is 2.62 bits per heavy atom. The molecule has 0 saturated carbocycles. The van der Waals surface area contributed by atoms with E-state index in [1.165, 1.54) is 6.33 Å². The van der Waals surface area contributed by atoms with Crippen molar-refractivity contribution >= 4 is 22.8 Å². The van der Waals surface area contributed by atoms with Crippen LogP contribution in [0.5, 0.6) is 11.5 Å². The van der Waals surface area contributed by atoms with Crippen LogP contribution in [0.4, 0.5) is 5.82 Å². The molecule has 202 valence electrons. The SMILES string of the molecule is N#CC(=CC1CCCO1)C(=O)N1CCCC(n2nc(-c3ccc(Oc4ccccc4)cc3)c3c(N)ncnc32)C1. The van der Waals surface area contributed by atoms with Crippen LogP contribution in [0, 0.1) is 11.3 Å². The fourth-order valence-corrected chi connectivity index (χ4v) is 5.34. The van der Waals surface area contributed by atoms with Crippen LogP contribution in [-0.2, 0) is 9.53 Å². The number of aromatic nitrogens is 4. The Kier molecular flexibility index (Phi) is 7.12. The Balaban J connectivity index is 1.28. The number of hydrogen-bond donors (Lipinski definition) is 1. The second-order valence-electron chi connectivity index (χ2n) is 9.98. The van der Waals surface area contributed by atoms with Gasteiger partial charge in [-0.25, -0.2) is 14.6 Å². The van der Waals surface area contributed by atoms with Crippen LogP contribution < -0.4 is 10.5 Å². The average Bonchev–Trinajstić information content (AvgIpc) is 3.65. The second-order valence-corrected chi connectivity index (χ2v) is 9.98. The molecule has 2 aliphatic heterocycles. The fraction of sp³-hybridized carbons (Fsp3) is 0.300. The van der Waals surface area contributed by atoms with Gasteiger partial charge in [0.2, 0.25) is 0 Å². The van der Waals surface area contributed by atoms with Gasteiger partial charge in [0.15, 0.2) is 5.65 Å². The first-order valence-corrected chi connectivity index (χ1v) is 13.5. The first-order valence-electron chi connectivity index (χ1n) is 13.5. The molecule has 2 aliphatic rings. The summed E-state index contributed by atoms with van der Waals surface area (Å²) in [4.78, 5) is 23.8. The molecule has 0 spiro atoms. The molecule has 4 heterocycles. The van der Waals surface area contributed by atoms with E-state index in [0.717, 1.165) is 37.0 Å². The van der Waals surface area contributed by atoms with E-state index >= 15 is 0 Å². The van der Waals surface area contributed by atoms with E-state index in [4.69, 9.17) is 20.3 Å². The molecule has 1 amide bonds. The summed E-state index contributed by atoms with van der Waals surface area (Å²) in [5, 5.41) is 15.3. The Morgan fingerprint density at radius 2 is 1.88 bits per heavy atom. The zero-order valence-corrected chi connectivity index (χ0v) is 21.9. The maximum absolute atomic E-state index is 13.3. The van der Waals surface area contributed by atoms with E-state index in [1.807, 2.05) is 59.3 Å². The predicted molar refractivity (Wildman–Crippen MR) is 149 cm³/mol. The van der Waals surface area contributed by atoms with Gasteiger partial charge in [-0.15, -0.1) is 0 Å². The molecule has 2 atom stereocenters. The van der Waals surface area contributed by atoms with Gasteiger partial charge in [-0.2, -0.15) is 10.4 Å². The number of rotatable bonds is 6. The van der Waals surface area contributed by atoms with E-state index in [9.17, 15) is 10.1 Å². The third-order valence-corrected chi connectivity index (χ3v) is 7.32. The van der Waals surface area contributed by atoms with E-state index in [0.29, 0.717) is 48.0 Å². The van der Waals surface area contributed by atoms with Crippen molar-refractivity contribution in [2.75, 3.05) is 25.4 Å². The number of benzene rings is 2. The lowest BCUT2D eigenvalue weighted by molar-refractivity contribution is -0.128. The van der Waals surface area contributed by atoms with Gasteiger partial charge in [0.05, 0.1) is 17.5 Å². The maximum atomic E-state index is 13.3. The van der Waals surface area contributed by atoms with Crippen molar-refractivity contribution < 1.29 is 14.3 Å². The van der Waals surface area contributed by atoms with E-state index in [2.05, 4.69) is 16.0 Å². The molecule has 0 radical (unpaired) electrons. The van der Waals surface area contributed by atoms with E-state index in [-0.39, 0.29) is 23.6 Å². The molecule has 0 bridgehead atoms. The standard InChI is InChI=1S/C30H29N7O3/c31-17-21(16-25-9-5-15-39-25)30(38)36-14-4-6-22(18-36)37-29-26(28(32)33-19-34-29)27(35-37)20-10-12-24(13-11-20)40-23-7-2-1-3-8-23/h1-3,7-8,10-13,16,19,22,25H,4-6,9,14-15,18H2,(H2,32,33,34). The topological polar surface area (TPSA) is 132 Å². The number of hydrogen-bond acceptors (Lipinski definition) is 8. The van der Waals surface area contributed by atoms with Gasteiger partial charge in [-0.3, -0.25) is 4.79 Å². The number of fused-ring (bicyclic) bond motifs is 1. The molecule has 2 saturated heterocycles. The van der Waals surface area contributed by atoms with Crippen molar-refractivity contribution in [1.29, 1.82) is 5.26 Å². The second kappa shape index (κ2) is 11.2. The van der Waals surface area contributed by atoms with Crippen molar-refractivity contribution in [2.45, 2.75) is 37.8 Å². The number of piperidine rings is 1. The minimum atomic E-state index is -0.275. The quantitative estimate of drug-likeness (QED) is 0.278. The lowest BCUT2D eigenvalue weighted by Gasteiger charge is -2.33. The molecular formula is C30H29N7O3. The van der Waals surface area contributed by atoms with Crippen LogP contribution in [0.3, 0.4) is 0 Å². The van der Waals surface area contributed by atoms with Crippen LogP contribution in [0.1, 0.15) is 31.7 Å². The van der Waals surface area contributed by atoms with Crippen LogP contribution >= 0.6 is 0 Å². The molecule has 2 aromatic heterocycles. The highest BCUT2D eigenvalue weighted by atomic mass is 16.5. The first kappa shape index (κ1) is 25.5. The Morgan fingerprint density at radius 1 is 1.07 bits per heavy atom. The summed E-state index contributed by atoms with van der Waals surface area (Å²) >= 11 is 0. The number of anilines is 1. The number of nitrogen functional groups attached to an aromatic ring is 1. The van der Waals surface area contributed by atoms with Crippen LogP contribution in [0.25, 0.3) is 22.3 Å². The number of carbonyl (C=O) groups excluding carboxylic acids is 1. The molecule has 4 aromatic rings. The summed E-state index contributed by atoms with van der Waals surface area (Å²) in [5.74, 6) is 1.52. The maximum Gasteiger partial charge on any atom is 0.264 e. The minimum Gasteiger partial charge on any atom is -0.457 e. The number of ether oxygens (including phenoxy) is 2. The Bertz CT molecular complexity index is 1590. The van der Waals surface area contributed by atoms with E-state index in [1.54, 1.807) is 11.0 Å². The smallest absolute Gasteiger partial charge is 0.264 e. The summed E-state index contributed by atoms with van der Waals surface area (Å²) in [6.07, 6.45) is 6.26. The zero-order valence-electron chi connectivity index (χ0n) is 21.9. The number of para-hydroxylation sites is 1. The van der Waals surface area contributed by atoms with Crippen molar-refractivity contribution in [1.82, 2.24) is 24.6 Å². The Hall–Kier alpha value is -4.75. The highest BCUT2D eigenvalue weighted by Gasteiger charge is 2.30. The van der Waals surface area contributed by atoms with Crippen LogP contribution in [0.15, 0.2) is 72.6 Å².